The number of nitrogens with zero attached hydrogens (tertiary/aromatic N) is 2. The van der Waals surface area contributed by atoms with Crippen molar-refractivity contribution in [1.29, 1.82) is 0 Å². The first-order valence-corrected chi connectivity index (χ1v) is 12.3. The molecule has 0 spiro atoms. The van der Waals surface area contributed by atoms with E-state index >= 15 is 0 Å². The van der Waals surface area contributed by atoms with E-state index in [2.05, 4.69) is 10.5 Å². The van der Waals surface area contributed by atoms with Gasteiger partial charge in [0, 0.05) is 18.8 Å². The molecule has 1 aliphatic heterocycles. The molecule has 174 valence electrons. The molecular weight excluding hydrogens is 442 g/mol. The van der Waals surface area contributed by atoms with E-state index in [-0.39, 0.29) is 28.8 Å². The van der Waals surface area contributed by atoms with Crippen molar-refractivity contribution in [3.05, 3.63) is 64.9 Å². The number of furan rings is 1. The Morgan fingerprint density at radius 3 is 2.79 bits per heavy atom. The Bertz CT molecular complexity index is 1280. The van der Waals surface area contributed by atoms with Crippen molar-refractivity contribution in [3.63, 3.8) is 0 Å². The maximum Gasteiger partial charge on any atom is 0.248 e. The number of piperidine rings is 1. The number of aryl methyl sites for hydroxylation is 3. The Morgan fingerprint density at radius 2 is 2.03 bits per heavy atom. The lowest BCUT2D eigenvalue weighted by atomic mass is 9.98. The molecule has 3 heterocycles. The first kappa shape index (κ1) is 23.0. The molecule has 0 saturated carbocycles. The van der Waals surface area contributed by atoms with Gasteiger partial charge in [0.15, 0.2) is 10.7 Å². The summed E-state index contributed by atoms with van der Waals surface area (Å²) in [5, 5.41) is 6.84. The second kappa shape index (κ2) is 9.36. The van der Waals surface area contributed by atoms with E-state index < -0.39 is 15.9 Å². The molecule has 9 heteroatoms. The second-order valence-corrected chi connectivity index (χ2v) is 10.2. The molecule has 1 unspecified atom stereocenters. The van der Waals surface area contributed by atoms with Gasteiger partial charge in [-0.2, -0.15) is 4.31 Å². The summed E-state index contributed by atoms with van der Waals surface area (Å²) in [4.78, 5) is 13.0. The third-order valence-electron chi connectivity index (χ3n) is 5.78. The fourth-order valence-electron chi connectivity index (χ4n) is 3.95. The number of amides is 1. The molecule has 2 aromatic heterocycles. The Balaban J connectivity index is 1.54. The number of rotatable bonds is 6. The van der Waals surface area contributed by atoms with Crippen molar-refractivity contribution in [2.24, 2.45) is 5.92 Å². The topological polar surface area (TPSA) is 106 Å². The minimum absolute atomic E-state index is 0.0147. The van der Waals surface area contributed by atoms with Crippen molar-refractivity contribution in [2.75, 3.05) is 18.4 Å². The summed E-state index contributed by atoms with van der Waals surface area (Å²) < 4.78 is 38.9. The molecule has 0 bridgehead atoms. The van der Waals surface area contributed by atoms with E-state index in [9.17, 15) is 13.2 Å². The number of sulfonamides is 1. The van der Waals surface area contributed by atoms with Crippen LogP contribution in [-0.4, -0.2) is 36.9 Å². The van der Waals surface area contributed by atoms with Crippen LogP contribution in [0.2, 0.25) is 0 Å². The number of aromatic nitrogens is 1. The van der Waals surface area contributed by atoms with E-state index in [0.717, 1.165) is 16.8 Å². The largest absolute Gasteiger partial charge is 0.465 e. The van der Waals surface area contributed by atoms with Crippen LogP contribution >= 0.6 is 0 Å². The van der Waals surface area contributed by atoms with Crippen LogP contribution in [0, 0.1) is 26.7 Å². The second-order valence-electron chi connectivity index (χ2n) is 8.32. The van der Waals surface area contributed by atoms with Gasteiger partial charge in [-0.05, 0) is 75.1 Å². The highest BCUT2D eigenvalue weighted by Crippen LogP contribution is 2.30. The van der Waals surface area contributed by atoms with Crippen molar-refractivity contribution >= 4 is 33.8 Å². The van der Waals surface area contributed by atoms with Crippen molar-refractivity contribution in [3.8, 4) is 0 Å². The lowest BCUT2D eigenvalue weighted by Gasteiger charge is -2.31. The molecule has 4 rings (SSSR count). The summed E-state index contributed by atoms with van der Waals surface area (Å²) in [5.41, 5.74) is 3.03. The average molecular weight is 470 g/mol. The predicted octanol–water partition coefficient (Wildman–Crippen LogP) is 4.40. The van der Waals surface area contributed by atoms with Crippen molar-refractivity contribution < 1.29 is 22.2 Å². The minimum Gasteiger partial charge on any atom is -0.465 e. The standard InChI is InChI=1S/C24H27N3O5S/c1-16-8-9-17(2)21(14-16)25-24(28)19-6-4-12-27(15-19)33(29,30)23-18(3)26-32-22(23)11-10-20-7-5-13-31-20/h5,7-11,13-14,19H,4,6,12,15H2,1-3H3,(H,25,28)/b11-10+. The zero-order valence-corrected chi connectivity index (χ0v) is 19.7. The fourth-order valence-corrected chi connectivity index (χ4v) is 5.73. The third-order valence-corrected chi connectivity index (χ3v) is 7.80. The number of anilines is 1. The molecule has 33 heavy (non-hydrogen) atoms. The first-order chi connectivity index (χ1) is 15.8. The highest BCUT2D eigenvalue weighted by atomic mass is 32.2. The lowest BCUT2D eigenvalue weighted by molar-refractivity contribution is -0.120. The molecule has 3 aromatic rings. The Morgan fingerprint density at radius 1 is 1.21 bits per heavy atom. The van der Waals surface area contributed by atoms with Crippen LogP contribution in [0.25, 0.3) is 12.2 Å². The SMILES string of the molecule is Cc1ccc(C)c(NC(=O)C2CCCN(S(=O)(=O)c3c(C)noc3/C=C/c3ccco3)C2)c1. The van der Waals surface area contributed by atoms with Gasteiger partial charge < -0.3 is 14.3 Å². The van der Waals surface area contributed by atoms with Crippen LogP contribution in [0.4, 0.5) is 5.69 Å². The zero-order valence-electron chi connectivity index (χ0n) is 18.9. The van der Waals surface area contributed by atoms with Crippen LogP contribution < -0.4 is 5.32 Å². The van der Waals surface area contributed by atoms with Gasteiger partial charge in [-0.3, -0.25) is 4.79 Å². The molecule has 1 amide bonds. The minimum atomic E-state index is -3.91. The van der Waals surface area contributed by atoms with Crippen LogP contribution in [0.3, 0.4) is 0 Å². The fraction of sp³-hybridized carbons (Fsp3) is 0.333. The third kappa shape index (κ3) is 4.94. The molecular formula is C24H27N3O5S. The van der Waals surface area contributed by atoms with E-state index in [4.69, 9.17) is 8.94 Å². The molecule has 1 atom stereocenters. The summed E-state index contributed by atoms with van der Waals surface area (Å²) in [6, 6.07) is 9.34. The summed E-state index contributed by atoms with van der Waals surface area (Å²) in [5.74, 6) is 0.0682. The van der Waals surface area contributed by atoms with Gasteiger partial charge in [-0.25, -0.2) is 8.42 Å². The van der Waals surface area contributed by atoms with Gasteiger partial charge in [0.2, 0.25) is 15.9 Å². The van der Waals surface area contributed by atoms with E-state index in [1.54, 1.807) is 25.1 Å². The average Bonchev–Trinajstić information content (AvgIpc) is 3.44. The number of carbonyl (C=O) groups is 1. The van der Waals surface area contributed by atoms with Gasteiger partial charge >= 0.3 is 0 Å². The van der Waals surface area contributed by atoms with E-state index in [1.165, 1.54) is 16.6 Å². The van der Waals surface area contributed by atoms with Gasteiger partial charge in [0.1, 0.15) is 11.5 Å². The highest BCUT2D eigenvalue weighted by Gasteiger charge is 2.37. The summed E-state index contributed by atoms with van der Waals surface area (Å²) in [6.45, 7) is 5.92. The molecule has 1 N–H and O–H groups in total. The number of benzene rings is 1. The summed E-state index contributed by atoms with van der Waals surface area (Å²) >= 11 is 0. The van der Waals surface area contributed by atoms with E-state index in [1.807, 2.05) is 32.0 Å². The maximum absolute atomic E-state index is 13.5. The number of nitrogens with one attached hydrogen (secondary N) is 1. The molecule has 0 aliphatic carbocycles. The van der Waals surface area contributed by atoms with Crippen LogP contribution in [0.5, 0.6) is 0 Å². The normalized spacial score (nSPS) is 17.5. The molecule has 8 nitrogen and oxygen atoms in total. The molecule has 0 radical (unpaired) electrons. The first-order valence-electron chi connectivity index (χ1n) is 10.8. The molecule has 1 aromatic carbocycles. The number of hydrogen-bond acceptors (Lipinski definition) is 6. The number of carbonyl (C=O) groups excluding carboxylic acids is 1. The van der Waals surface area contributed by atoms with Crippen molar-refractivity contribution in [2.45, 2.75) is 38.5 Å². The number of hydrogen-bond donors (Lipinski definition) is 1. The van der Waals surface area contributed by atoms with Gasteiger partial charge in [-0.15, -0.1) is 0 Å². The summed E-state index contributed by atoms with van der Waals surface area (Å²) in [6.07, 6.45) is 5.89. The molecule has 1 aliphatic rings. The van der Waals surface area contributed by atoms with Gasteiger partial charge in [0.05, 0.1) is 12.2 Å². The van der Waals surface area contributed by atoms with Crippen LogP contribution in [-0.2, 0) is 14.8 Å². The van der Waals surface area contributed by atoms with E-state index in [0.29, 0.717) is 25.1 Å². The Labute approximate surface area is 193 Å². The highest BCUT2D eigenvalue weighted by molar-refractivity contribution is 7.89. The maximum atomic E-state index is 13.5. The smallest absolute Gasteiger partial charge is 0.248 e. The lowest BCUT2D eigenvalue weighted by Crippen LogP contribution is -2.44. The Hall–Kier alpha value is -3.17. The van der Waals surface area contributed by atoms with Crippen molar-refractivity contribution in [1.82, 2.24) is 9.46 Å². The quantitative estimate of drug-likeness (QED) is 0.574. The van der Waals surface area contributed by atoms with Crippen LogP contribution in [0.1, 0.15) is 41.2 Å². The predicted molar refractivity (Wildman–Crippen MR) is 125 cm³/mol. The molecule has 1 fully saturated rings. The Kier molecular flexibility index (Phi) is 6.53. The zero-order chi connectivity index (χ0) is 23.6. The monoisotopic (exact) mass is 469 g/mol. The van der Waals surface area contributed by atoms with Gasteiger partial charge in [-0.1, -0.05) is 17.3 Å². The molecule has 1 saturated heterocycles. The van der Waals surface area contributed by atoms with Gasteiger partial charge in [0.25, 0.3) is 0 Å². The van der Waals surface area contributed by atoms with Crippen LogP contribution in [0.15, 0.2) is 50.4 Å². The summed E-state index contributed by atoms with van der Waals surface area (Å²) in [7, 11) is -3.91.